The lowest BCUT2D eigenvalue weighted by Crippen LogP contribution is -2.36. The highest BCUT2D eigenvalue weighted by molar-refractivity contribution is 7.89. The van der Waals surface area contributed by atoms with Gasteiger partial charge < -0.3 is 9.64 Å². The van der Waals surface area contributed by atoms with Gasteiger partial charge in [-0.25, -0.2) is 13.1 Å². The van der Waals surface area contributed by atoms with E-state index in [1.54, 1.807) is 18.2 Å². The van der Waals surface area contributed by atoms with E-state index in [1.165, 1.54) is 19.3 Å². The largest absolute Gasteiger partial charge is 0.483 e. The molecule has 1 aliphatic heterocycles. The van der Waals surface area contributed by atoms with Crippen LogP contribution in [0, 0.1) is 6.92 Å². The molecule has 0 spiro atoms. The number of ether oxygens (including phenoxy) is 1. The average molecular weight is 409 g/mol. The monoisotopic (exact) mass is 408 g/mol. The summed E-state index contributed by atoms with van der Waals surface area (Å²) in [6.45, 7) is 3.40. The van der Waals surface area contributed by atoms with Gasteiger partial charge in [0.2, 0.25) is 10.0 Å². The number of benzene rings is 1. The van der Waals surface area contributed by atoms with Gasteiger partial charge in [-0.05, 0) is 56.4 Å². The van der Waals surface area contributed by atoms with E-state index in [2.05, 4.69) is 4.72 Å². The van der Waals surface area contributed by atoms with Crippen molar-refractivity contribution in [2.75, 3.05) is 19.7 Å². The van der Waals surface area contributed by atoms with E-state index in [-0.39, 0.29) is 23.5 Å². The molecule has 6 nitrogen and oxygen atoms in total. The van der Waals surface area contributed by atoms with Crippen LogP contribution in [0.2, 0.25) is 0 Å². The lowest BCUT2D eigenvalue weighted by Gasteiger charge is -2.23. The molecule has 28 heavy (non-hydrogen) atoms. The average Bonchev–Trinajstić information content (AvgIpc) is 2.97. The lowest BCUT2D eigenvalue weighted by atomic mass is 9.96. The molecule has 1 amide bonds. The Morgan fingerprint density at radius 1 is 1.07 bits per heavy atom. The molecule has 0 bridgehead atoms. The van der Waals surface area contributed by atoms with Crippen molar-refractivity contribution in [2.45, 2.75) is 75.6 Å². The van der Waals surface area contributed by atoms with Gasteiger partial charge in [-0.3, -0.25) is 4.79 Å². The van der Waals surface area contributed by atoms with Gasteiger partial charge in [0, 0.05) is 19.1 Å². The van der Waals surface area contributed by atoms with E-state index in [9.17, 15) is 13.2 Å². The van der Waals surface area contributed by atoms with E-state index >= 15 is 0 Å². The van der Waals surface area contributed by atoms with Crippen molar-refractivity contribution < 1.29 is 17.9 Å². The third kappa shape index (κ3) is 5.70. The van der Waals surface area contributed by atoms with Crippen LogP contribution in [-0.2, 0) is 14.8 Å². The molecule has 1 N–H and O–H groups in total. The number of carbonyl (C=O) groups excluding carboxylic acids is 1. The Morgan fingerprint density at radius 2 is 1.71 bits per heavy atom. The zero-order valence-corrected chi connectivity index (χ0v) is 17.6. The van der Waals surface area contributed by atoms with Gasteiger partial charge in [-0.2, -0.15) is 0 Å². The number of sulfonamides is 1. The second-order valence-electron chi connectivity index (χ2n) is 7.97. The molecule has 156 valence electrons. The van der Waals surface area contributed by atoms with Gasteiger partial charge in [0.05, 0.1) is 4.90 Å². The SMILES string of the molecule is Cc1cc(S(=O)(=O)NC2CCCCC2)ccc1OCC(=O)N1CCCCCC1. The normalized spacial score (nSPS) is 19.2. The number of likely N-dealkylation sites (tertiary alicyclic amines) is 1. The number of amides is 1. The summed E-state index contributed by atoms with van der Waals surface area (Å²) in [5.74, 6) is 0.553. The third-order valence-electron chi connectivity index (χ3n) is 5.69. The Morgan fingerprint density at radius 3 is 2.36 bits per heavy atom. The van der Waals surface area contributed by atoms with Gasteiger partial charge >= 0.3 is 0 Å². The number of rotatable bonds is 6. The van der Waals surface area contributed by atoms with Crippen molar-refractivity contribution in [1.82, 2.24) is 9.62 Å². The molecule has 0 unspecified atom stereocenters. The predicted octanol–water partition coefficient (Wildman–Crippen LogP) is 3.39. The first-order valence-corrected chi connectivity index (χ1v) is 12.0. The van der Waals surface area contributed by atoms with Gasteiger partial charge in [-0.15, -0.1) is 0 Å². The molecule has 1 aromatic rings. The summed E-state index contributed by atoms with van der Waals surface area (Å²) in [5, 5.41) is 0. The van der Waals surface area contributed by atoms with Gasteiger partial charge in [0.1, 0.15) is 5.75 Å². The van der Waals surface area contributed by atoms with E-state index in [0.717, 1.165) is 57.2 Å². The summed E-state index contributed by atoms with van der Waals surface area (Å²) in [4.78, 5) is 14.5. The fourth-order valence-corrected chi connectivity index (χ4v) is 5.40. The van der Waals surface area contributed by atoms with Crippen LogP contribution in [0.4, 0.5) is 0 Å². The molecule has 3 rings (SSSR count). The number of nitrogens with zero attached hydrogens (tertiary/aromatic N) is 1. The molecular formula is C21H32N2O4S. The molecule has 2 fully saturated rings. The minimum absolute atomic E-state index is 0.00281. The van der Waals surface area contributed by atoms with E-state index in [4.69, 9.17) is 4.74 Å². The van der Waals surface area contributed by atoms with Crippen molar-refractivity contribution in [3.63, 3.8) is 0 Å². The Kier molecular flexibility index (Phi) is 7.35. The topological polar surface area (TPSA) is 75.7 Å². The summed E-state index contributed by atoms with van der Waals surface area (Å²) in [6.07, 6.45) is 9.57. The number of hydrogen-bond donors (Lipinski definition) is 1. The second-order valence-corrected chi connectivity index (χ2v) is 9.68. The summed E-state index contributed by atoms with van der Waals surface area (Å²) in [6, 6.07) is 4.86. The van der Waals surface area contributed by atoms with E-state index in [0.29, 0.717) is 5.75 Å². The van der Waals surface area contributed by atoms with Crippen molar-refractivity contribution in [1.29, 1.82) is 0 Å². The quantitative estimate of drug-likeness (QED) is 0.783. The third-order valence-corrected chi connectivity index (χ3v) is 7.21. The maximum Gasteiger partial charge on any atom is 0.260 e. The van der Waals surface area contributed by atoms with Crippen LogP contribution in [0.25, 0.3) is 0 Å². The summed E-state index contributed by atoms with van der Waals surface area (Å²) in [7, 11) is -3.53. The number of aryl methyl sites for hydroxylation is 1. The van der Waals surface area contributed by atoms with Crippen LogP contribution in [0.5, 0.6) is 5.75 Å². The van der Waals surface area contributed by atoms with Crippen LogP contribution >= 0.6 is 0 Å². The number of carbonyl (C=O) groups is 1. The molecule has 1 heterocycles. The molecule has 1 saturated carbocycles. The van der Waals surface area contributed by atoms with E-state index < -0.39 is 10.0 Å². The summed E-state index contributed by atoms with van der Waals surface area (Å²) >= 11 is 0. The number of hydrogen-bond acceptors (Lipinski definition) is 4. The Labute approximate surface area is 168 Å². The summed E-state index contributed by atoms with van der Waals surface area (Å²) < 4.78 is 33.8. The Bertz CT molecular complexity index is 765. The van der Waals surface area contributed by atoms with Crippen molar-refractivity contribution in [3.8, 4) is 5.75 Å². The lowest BCUT2D eigenvalue weighted by molar-refractivity contribution is -0.133. The van der Waals surface area contributed by atoms with Gasteiger partial charge in [0.25, 0.3) is 5.91 Å². The zero-order valence-electron chi connectivity index (χ0n) is 16.8. The van der Waals surface area contributed by atoms with Crippen LogP contribution in [-0.4, -0.2) is 45.0 Å². The fraction of sp³-hybridized carbons (Fsp3) is 0.667. The molecule has 1 saturated heterocycles. The molecule has 1 aliphatic carbocycles. The van der Waals surface area contributed by atoms with Gasteiger partial charge in [-0.1, -0.05) is 32.1 Å². The smallest absolute Gasteiger partial charge is 0.260 e. The van der Waals surface area contributed by atoms with Crippen molar-refractivity contribution in [3.05, 3.63) is 23.8 Å². The second kappa shape index (κ2) is 9.74. The maximum atomic E-state index is 12.7. The first-order valence-electron chi connectivity index (χ1n) is 10.5. The molecule has 0 aromatic heterocycles. The van der Waals surface area contributed by atoms with Crippen LogP contribution < -0.4 is 9.46 Å². The Hall–Kier alpha value is -1.60. The van der Waals surface area contributed by atoms with Crippen LogP contribution in [0.3, 0.4) is 0 Å². The predicted molar refractivity (Wildman–Crippen MR) is 109 cm³/mol. The van der Waals surface area contributed by atoms with Crippen LogP contribution in [0.15, 0.2) is 23.1 Å². The highest BCUT2D eigenvalue weighted by atomic mass is 32.2. The van der Waals surface area contributed by atoms with Crippen molar-refractivity contribution >= 4 is 15.9 Å². The standard InChI is InChI=1S/C21H32N2O4S/c1-17-15-19(28(25,26)22-18-9-5-4-6-10-18)11-12-20(17)27-16-21(24)23-13-7-2-3-8-14-23/h11-12,15,18,22H,2-10,13-14,16H2,1H3. The highest BCUT2D eigenvalue weighted by Crippen LogP contribution is 2.24. The Balaban J connectivity index is 1.59. The fourth-order valence-electron chi connectivity index (χ4n) is 4.01. The molecule has 1 aromatic carbocycles. The zero-order chi connectivity index (χ0) is 20.0. The van der Waals surface area contributed by atoms with Crippen LogP contribution in [0.1, 0.15) is 63.4 Å². The first kappa shape index (κ1) is 21.1. The van der Waals surface area contributed by atoms with Crippen molar-refractivity contribution in [2.24, 2.45) is 0 Å². The number of nitrogens with one attached hydrogen (secondary N) is 1. The minimum atomic E-state index is -3.53. The minimum Gasteiger partial charge on any atom is -0.483 e. The molecule has 0 atom stereocenters. The maximum absolute atomic E-state index is 12.7. The highest BCUT2D eigenvalue weighted by Gasteiger charge is 2.23. The summed E-state index contributed by atoms with van der Waals surface area (Å²) in [5.41, 5.74) is 0.718. The first-order chi connectivity index (χ1) is 13.5. The molecule has 7 heteroatoms. The van der Waals surface area contributed by atoms with Gasteiger partial charge in [0.15, 0.2) is 6.61 Å². The molecule has 0 radical (unpaired) electrons. The van der Waals surface area contributed by atoms with E-state index in [1.807, 2.05) is 11.8 Å². The molecular weight excluding hydrogens is 376 g/mol. The molecule has 2 aliphatic rings.